The molecule has 2 aliphatic rings. The molecule has 0 bridgehead atoms. The highest BCUT2D eigenvalue weighted by atomic mass is 16.3. The van der Waals surface area contributed by atoms with Gasteiger partial charge in [-0.25, -0.2) is 0 Å². The van der Waals surface area contributed by atoms with E-state index >= 15 is 0 Å². The van der Waals surface area contributed by atoms with Gasteiger partial charge in [-0.1, -0.05) is 164 Å². The van der Waals surface area contributed by atoms with Crippen LogP contribution in [0.2, 0.25) is 0 Å². The summed E-state index contributed by atoms with van der Waals surface area (Å²) in [5.74, 6) is 0. The summed E-state index contributed by atoms with van der Waals surface area (Å²) in [6.45, 7) is 31.8. The predicted octanol–water partition coefficient (Wildman–Crippen LogP) is 14.2. The van der Waals surface area contributed by atoms with Gasteiger partial charge in [-0.15, -0.1) is 0 Å². The molecule has 12 rings (SSSR count). The fraction of sp³-hybridized carbons (Fsp3) is 0.182. The minimum Gasteiger partial charge on any atom is -0.455 e. The molecule has 0 amide bonds. The number of anilines is 6. The summed E-state index contributed by atoms with van der Waals surface area (Å²) in [7, 11) is 0. The van der Waals surface area contributed by atoms with Gasteiger partial charge in [0.05, 0.1) is 22.4 Å². The molecule has 71 heavy (non-hydrogen) atoms. The highest BCUT2D eigenvalue weighted by Gasteiger charge is 2.45. The third kappa shape index (κ3) is 6.73. The molecular weight excluding hydrogens is 862 g/mol. The van der Waals surface area contributed by atoms with E-state index in [4.69, 9.17) is 4.42 Å². The minimum absolute atomic E-state index is 0.0617. The van der Waals surface area contributed by atoms with Crippen LogP contribution in [-0.2, 0) is 10.8 Å². The van der Waals surface area contributed by atoms with Crippen molar-refractivity contribution in [1.82, 2.24) is 4.57 Å². The summed E-state index contributed by atoms with van der Waals surface area (Å²) in [6.07, 6.45) is 1.90. The van der Waals surface area contributed by atoms with Crippen molar-refractivity contribution in [3.63, 3.8) is 0 Å². The second-order valence-electron chi connectivity index (χ2n) is 22.1. The van der Waals surface area contributed by atoms with E-state index in [0.29, 0.717) is 0 Å². The van der Waals surface area contributed by atoms with Gasteiger partial charge in [0.1, 0.15) is 11.0 Å². The number of hydrogen-bond donors (Lipinski definition) is 0. The molecule has 348 valence electrons. The first-order chi connectivity index (χ1) is 34.0. The molecule has 0 atom stereocenters. The molecule has 0 unspecified atom stereocenters. The van der Waals surface area contributed by atoms with Gasteiger partial charge in [0.15, 0.2) is 0 Å². The van der Waals surface area contributed by atoms with Crippen LogP contribution < -0.4 is 36.8 Å². The zero-order valence-electron chi connectivity index (χ0n) is 42.8. The lowest BCUT2D eigenvalue weighted by molar-refractivity contribution is 0.573. The van der Waals surface area contributed by atoms with Crippen molar-refractivity contribution in [2.75, 3.05) is 9.80 Å². The summed E-state index contributed by atoms with van der Waals surface area (Å²) in [4.78, 5) is 5.17. The van der Waals surface area contributed by atoms with E-state index in [9.17, 15) is 0 Å². The number of rotatable bonds is 5. The molecule has 0 saturated heterocycles. The lowest BCUT2D eigenvalue weighted by Gasteiger charge is -2.46. The Morgan fingerprint density at radius 1 is 0.521 bits per heavy atom. The first kappa shape index (κ1) is 44.5. The predicted molar refractivity (Wildman–Crippen MR) is 305 cm³/mol. The van der Waals surface area contributed by atoms with E-state index in [1.54, 1.807) is 0 Å². The monoisotopic (exact) mass is 921 g/mol. The summed E-state index contributed by atoms with van der Waals surface area (Å²) in [6, 6.07) is 56.9. The molecule has 0 saturated carbocycles. The zero-order chi connectivity index (χ0) is 49.4. The van der Waals surface area contributed by atoms with Crippen LogP contribution in [0.15, 0.2) is 169 Å². The maximum Gasteiger partial charge on any atom is 0.252 e. The standard InChI is InChI=1S/C66H60BN3O/c1-13-48(64-43(6)49-24-15-17-27-60(49)71-64)44-28-31-47(32-29-44)68-57-38-56-51(50-25-14-16-26-54(50)69(56)62-39(2)20-18-21-40(62)3)37-53(57)67-52-34-45(65(7,8)9)30-33-55(52)70(63-41(4)22-19-23-42(63)5)59-36-46(66(10,11)12)35-58(68)61(59)67/h13-38H,1,6H2,2-5,7-12H3/b64-48-. The molecule has 4 heterocycles. The molecule has 0 spiro atoms. The van der Waals surface area contributed by atoms with Crippen molar-refractivity contribution < 1.29 is 4.42 Å². The van der Waals surface area contributed by atoms with Gasteiger partial charge in [-0.05, 0) is 142 Å². The lowest BCUT2D eigenvalue weighted by atomic mass is 9.33. The summed E-state index contributed by atoms with van der Waals surface area (Å²) in [5, 5.41) is 4.38. The average molecular weight is 922 g/mol. The molecule has 0 aliphatic carbocycles. The lowest BCUT2D eigenvalue weighted by Crippen LogP contribution is -2.61. The number of aryl methyl sites for hydroxylation is 4. The first-order valence-electron chi connectivity index (χ1n) is 25.1. The van der Waals surface area contributed by atoms with E-state index in [1.165, 1.54) is 106 Å². The summed E-state index contributed by atoms with van der Waals surface area (Å²) >= 11 is 0. The van der Waals surface area contributed by atoms with Crippen molar-refractivity contribution in [3.05, 3.63) is 214 Å². The first-order valence-corrected chi connectivity index (χ1v) is 25.1. The van der Waals surface area contributed by atoms with Crippen LogP contribution in [0.3, 0.4) is 0 Å². The van der Waals surface area contributed by atoms with E-state index in [2.05, 4.69) is 230 Å². The van der Waals surface area contributed by atoms with Crippen LogP contribution >= 0.6 is 0 Å². The van der Waals surface area contributed by atoms with Gasteiger partial charge in [-0.2, -0.15) is 0 Å². The van der Waals surface area contributed by atoms with Gasteiger partial charge < -0.3 is 18.8 Å². The zero-order valence-corrected chi connectivity index (χ0v) is 42.8. The normalized spacial score (nSPS) is 13.7. The molecule has 0 fully saturated rings. The van der Waals surface area contributed by atoms with Crippen molar-refractivity contribution in [1.29, 1.82) is 0 Å². The second-order valence-corrected chi connectivity index (χ2v) is 22.1. The number of para-hydroxylation sites is 4. The largest absolute Gasteiger partial charge is 0.455 e. The Labute approximate surface area is 418 Å². The maximum atomic E-state index is 6.50. The molecule has 2 aromatic heterocycles. The van der Waals surface area contributed by atoms with Crippen molar-refractivity contribution >= 4 is 102 Å². The fourth-order valence-corrected chi connectivity index (χ4v) is 11.9. The van der Waals surface area contributed by atoms with E-state index in [1.807, 2.05) is 24.3 Å². The Bertz CT molecular complexity index is 3960. The van der Waals surface area contributed by atoms with Crippen LogP contribution in [0.1, 0.15) is 80.5 Å². The molecule has 0 N–H and O–H groups in total. The number of benzene rings is 8. The van der Waals surface area contributed by atoms with Gasteiger partial charge in [0.25, 0.3) is 6.71 Å². The molecule has 8 aromatic carbocycles. The van der Waals surface area contributed by atoms with Crippen LogP contribution in [0, 0.1) is 27.7 Å². The smallest absolute Gasteiger partial charge is 0.252 e. The Hall–Kier alpha value is -7.76. The van der Waals surface area contributed by atoms with E-state index in [0.717, 1.165) is 38.4 Å². The van der Waals surface area contributed by atoms with Crippen LogP contribution in [0.25, 0.3) is 50.6 Å². The molecule has 0 radical (unpaired) electrons. The number of nitrogens with zero attached hydrogens (tertiary/aromatic N) is 3. The van der Waals surface area contributed by atoms with Gasteiger partial charge >= 0.3 is 0 Å². The van der Waals surface area contributed by atoms with Gasteiger partial charge in [0.2, 0.25) is 0 Å². The van der Waals surface area contributed by atoms with Crippen LogP contribution in [-0.4, -0.2) is 11.3 Å². The van der Waals surface area contributed by atoms with Crippen molar-refractivity contribution in [2.24, 2.45) is 0 Å². The molecular formula is C66H60BN3O. The quantitative estimate of drug-likeness (QED) is 0.161. The maximum absolute atomic E-state index is 6.50. The Morgan fingerprint density at radius 2 is 1.11 bits per heavy atom. The number of allylic oxidation sites excluding steroid dienone is 1. The SMILES string of the molecule is C=C/C(c1ccc(N2c3cc4c(cc3B3c5cc(C(C)(C)C)ccc5N(c5c(C)cccc5C)c5cc(C(C)(C)C)cc2c53)c2ccccc2n4-c2c(C)cccc2C)cc1)=c1/oc2ccccc2c1=C. The van der Waals surface area contributed by atoms with E-state index in [-0.39, 0.29) is 17.5 Å². The van der Waals surface area contributed by atoms with E-state index < -0.39 is 0 Å². The number of aromatic nitrogens is 1. The Kier molecular flexibility index (Phi) is 9.94. The Morgan fingerprint density at radius 3 is 1.75 bits per heavy atom. The Balaban J connectivity index is 1.22. The number of fused-ring (bicyclic) bond motifs is 8. The molecule has 5 heteroatoms. The third-order valence-corrected chi connectivity index (χ3v) is 15.5. The summed E-state index contributed by atoms with van der Waals surface area (Å²) in [5.41, 5.74) is 25.6. The van der Waals surface area contributed by atoms with Crippen LogP contribution in [0.5, 0.6) is 0 Å². The fourth-order valence-electron chi connectivity index (χ4n) is 11.9. The molecule has 10 aromatic rings. The topological polar surface area (TPSA) is 24.6 Å². The third-order valence-electron chi connectivity index (χ3n) is 15.5. The molecule has 2 aliphatic heterocycles. The average Bonchev–Trinajstić information content (AvgIpc) is 3.84. The van der Waals surface area contributed by atoms with Gasteiger partial charge in [0, 0.05) is 55.4 Å². The van der Waals surface area contributed by atoms with Crippen molar-refractivity contribution in [3.8, 4) is 5.69 Å². The highest BCUT2D eigenvalue weighted by Crippen LogP contribution is 2.49. The number of hydrogen-bond acceptors (Lipinski definition) is 3. The number of furan rings is 1. The summed E-state index contributed by atoms with van der Waals surface area (Å²) < 4.78 is 9.02. The molecule has 4 nitrogen and oxygen atoms in total. The minimum atomic E-state index is -0.162. The second kappa shape index (κ2) is 15.9. The van der Waals surface area contributed by atoms with Crippen molar-refractivity contribution in [2.45, 2.75) is 80.1 Å². The van der Waals surface area contributed by atoms with Gasteiger partial charge in [-0.3, -0.25) is 0 Å². The van der Waals surface area contributed by atoms with Crippen LogP contribution in [0.4, 0.5) is 34.1 Å². The highest BCUT2D eigenvalue weighted by molar-refractivity contribution is 7.00.